The van der Waals surface area contributed by atoms with Gasteiger partial charge in [0.25, 0.3) is 0 Å². The average Bonchev–Trinajstić information content (AvgIpc) is 2.61. The van der Waals surface area contributed by atoms with Gasteiger partial charge in [-0.1, -0.05) is 104 Å². The molecule has 0 fully saturated rings. The van der Waals surface area contributed by atoms with Crippen molar-refractivity contribution in [2.75, 3.05) is 14.1 Å². The molecule has 0 saturated carbocycles. The molecule has 0 saturated heterocycles. The maximum atomic E-state index is 12.0. The Morgan fingerprint density at radius 3 is 1.59 bits per heavy atom. The molecule has 162 valence electrons. The van der Waals surface area contributed by atoms with Crippen LogP contribution in [0.15, 0.2) is 0 Å². The van der Waals surface area contributed by atoms with Crippen molar-refractivity contribution in [1.29, 1.82) is 0 Å². The first kappa shape index (κ1) is 26.4. The minimum Gasteiger partial charge on any atom is -0.341 e. The van der Waals surface area contributed by atoms with Gasteiger partial charge in [0, 0.05) is 6.42 Å². The molecular weight excluding hydrogens is 332 g/mol. The predicted octanol–water partition coefficient (Wildman–Crippen LogP) is 6.91. The summed E-state index contributed by atoms with van der Waals surface area (Å²) in [6.45, 7) is 6.81. The zero-order valence-electron chi connectivity index (χ0n) is 19.3. The molecule has 0 radical (unpaired) electrons. The van der Waals surface area contributed by atoms with Crippen LogP contribution < -0.4 is 5.32 Å². The van der Waals surface area contributed by atoms with Crippen LogP contribution in [0.1, 0.15) is 124 Å². The average molecular weight is 383 g/mol. The van der Waals surface area contributed by atoms with Gasteiger partial charge in [-0.15, -0.1) is 0 Å². The molecule has 0 bridgehead atoms. The highest BCUT2D eigenvalue weighted by atomic mass is 16.1. The van der Waals surface area contributed by atoms with Gasteiger partial charge in [0.15, 0.2) is 0 Å². The lowest BCUT2D eigenvalue weighted by atomic mass is 10.0. The molecule has 0 aromatic rings. The third kappa shape index (κ3) is 18.6. The molecule has 3 heteroatoms. The Hall–Kier alpha value is -0.570. The third-order valence-corrected chi connectivity index (χ3v) is 5.45. The molecule has 0 heterocycles. The molecule has 0 aliphatic rings. The molecule has 0 aliphatic carbocycles. The van der Waals surface area contributed by atoms with E-state index in [-0.39, 0.29) is 12.1 Å². The fourth-order valence-electron chi connectivity index (χ4n) is 3.60. The van der Waals surface area contributed by atoms with E-state index in [1.165, 1.54) is 77.0 Å². The molecule has 0 aromatic heterocycles. The Morgan fingerprint density at radius 2 is 1.19 bits per heavy atom. The van der Waals surface area contributed by atoms with E-state index in [4.69, 9.17) is 0 Å². The van der Waals surface area contributed by atoms with Crippen LogP contribution in [-0.2, 0) is 4.79 Å². The second-order valence-electron chi connectivity index (χ2n) is 9.01. The maximum absolute atomic E-state index is 12.0. The molecule has 0 rings (SSSR count). The molecule has 3 nitrogen and oxygen atoms in total. The van der Waals surface area contributed by atoms with Crippen LogP contribution in [0, 0.1) is 5.92 Å². The summed E-state index contributed by atoms with van der Waals surface area (Å²) < 4.78 is 0. The number of hydrogen-bond acceptors (Lipinski definition) is 2. The summed E-state index contributed by atoms with van der Waals surface area (Å²) in [7, 11) is 4.07. The summed E-state index contributed by atoms with van der Waals surface area (Å²) in [6.07, 6.45) is 20.6. The molecule has 0 spiro atoms. The number of nitrogens with one attached hydrogen (secondary N) is 1. The number of nitrogens with zero attached hydrogens (tertiary/aromatic N) is 1. The van der Waals surface area contributed by atoms with Gasteiger partial charge in [-0.2, -0.15) is 0 Å². The van der Waals surface area contributed by atoms with E-state index in [1.807, 2.05) is 14.1 Å². The Labute approximate surface area is 171 Å². The second kappa shape index (κ2) is 18.8. The lowest BCUT2D eigenvalue weighted by Gasteiger charge is -2.25. The van der Waals surface area contributed by atoms with Crippen LogP contribution in [0.2, 0.25) is 0 Å². The van der Waals surface area contributed by atoms with Crippen molar-refractivity contribution < 1.29 is 4.79 Å². The number of rotatable bonds is 19. The minimum absolute atomic E-state index is 0.192. The fraction of sp³-hybridized carbons (Fsp3) is 0.958. The van der Waals surface area contributed by atoms with Crippen molar-refractivity contribution in [3.8, 4) is 0 Å². The molecular formula is C24H50N2O. The van der Waals surface area contributed by atoms with E-state index >= 15 is 0 Å². The van der Waals surface area contributed by atoms with Gasteiger partial charge in [-0.3, -0.25) is 9.69 Å². The van der Waals surface area contributed by atoms with Crippen molar-refractivity contribution in [3.05, 3.63) is 0 Å². The van der Waals surface area contributed by atoms with Crippen molar-refractivity contribution in [3.63, 3.8) is 0 Å². The molecule has 0 aliphatic heterocycles. The lowest BCUT2D eigenvalue weighted by Crippen LogP contribution is -2.44. The van der Waals surface area contributed by atoms with Gasteiger partial charge in [0.2, 0.25) is 5.91 Å². The van der Waals surface area contributed by atoms with E-state index in [1.54, 1.807) is 0 Å². The first-order valence-electron chi connectivity index (χ1n) is 11.9. The van der Waals surface area contributed by atoms with Crippen LogP contribution in [0.3, 0.4) is 0 Å². The first-order valence-corrected chi connectivity index (χ1v) is 11.9. The highest BCUT2D eigenvalue weighted by Gasteiger charge is 2.12. The van der Waals surface area contributed by atoms with Crippen LogP contribution in [-0.4, -0.2) is 31.1 Å². The number of unbranched alkanes of at least 4 members (excludes halogenated alkanes) is 11. The van der Waals surface area contributed by atoms with E-state index < -0.39 is 0 Å². The van der Waals surface area contributed by atoms with Gasteiger partial charge >= 0.3 is 0 Å². The van der Waals surface area contributed by atoms with Crippen LogP contribution >= 0.6 is 0 Å². The summed E-state index contributed by atoms with van der Waals surface area (Å²) in [4.78, 5) is 14.1. The fourth-order valence-corrected chi connectivity index (χ4v) is 3.60. The number of carbonyl (C=O) groups excluding carboxylic acids is 1. The zero-order chi connectivity index (χ0) is 20.3. The first-order chi connectivity index (χ1) is 13.0. The lowest BCUT2D eigenvalue weighted by molar-refractivity contribution is -0.123. The third-order valence-electron chi connectivity index (χ3n) is 5.45. The second-order valence-corrected chi connectivity index (χ2v) is 9.01. The molecule has 1 unspecified atom stereocenters. The Bertz CT molecular complexity index is 328. The van der Waals surface area contributed by atoms with Gasteiger partial charge in [0.05, 0.1) is 6.17 Å². The molecule has 0 aromatic carbocycles. The van der Waals surface area contributed by atoms with E-state index in [0.717, 1.165) is 25.2 Å². The monoisotopic (exact) mass is 382 g/mol. The van der Waals surface area contributed by atoms with Gasteiger partial charge in [-0.25, -0.2) is 0 Å². The van der Waals surface area contributed by atoms with E-state index in [9.17, 15) is 4.79 Å². The van der Waals surface area contributed by atoms with Crippen LogP contribution in [0.25, 0.3) is 0 Å². The summed E-state index contributed by atoms with van der Waals surface area (Å²) >= 11 is 0. The van der Waals surface area contributed by atoms with E-state index in [2.05, 4.69) is 31.0 Å². The summed E-state index contributed by atoms with van der Waals surface area (Å²) in [5.41, 5.74) is 0. The van der Waals surface area contributed by atoms with Crippen LogP contribution in [0.4, 0.5) is 0 Å². The smallest absolute Gasteiger partial charge is 0.221 e. The highest BCUT2D eigenvalue weighted by molar-refractivity contribution is 5.76. The van der Waals surface area contributed by atoms with E-state index in [0.29, 0.717) is 6.42 Å². The number of hydrogen-bond donors (Lipinski definition) is 1. The van der Waals surface area contributed by atoms with Gasteiger partial charge in [0.1, 0.15) is 0 Å². The molecule has 1 atom stereocenters. The van der Waals surface area contributed by atoms with Gasteiger partial charge in [-0.05, 0) is 32.9 Å². The Balaban J connectivity index is 3.34. The van der Waals surface area contributed by atoms with Crippen molar-refractivity contribution in [2.24, 2.45) is 5.92 Å². The highest BCUT2D eigenvalue weighted by Crippen LogP contribution is 2.14. The van der Waals surface area contributed by atoms with Crippen LogP contribution in [0.5, 0.6) is 0 Å². The number of carbonyl (C=O) groups is 1. The number of amides is 1. The topological polar surface area (TPSA) is 32.3 Å². The largest absolute Gasteiger partial charge is 0.341 e. The van der Waals surface area contributed by atoms with Crippen molar-refractivity contribution in [1.82, 2.24) is 10.2 Å². The molecule has 27 heavy (non-hydrogen) atoms. The maximum Gasteiger partial charge on any atom is 0.221 e. The summed E-state index contributed by atoms with van der Waals surface area (Å²) in [6, 6.07) is 0. The molecule has 1 N–H and O–H groups in total. The predicted molar refractivity (Wildman–Crippen MR) is 120 cm³/mol. The van der Waals surface area contributed by atoms with Crippen molar-refractivity contribution >= 4 is 5.91 Å². The Morgan fingerprint density at radius 1 is 0.741 bits per heavy atom. The summed E-state index contributed by atoms with van der Waals surface area (Å²) in [5.74, 6) is 1.09. The molecule has 1 amide bonds. The van der Waals surface area contributed by atoms with Crippen molar-refractivity contribution in [2.45, 2.75) is 130 Å². The normalized spacial score (nSPS) is 12.7. The zero-order valence-corrected chi connectivity index (χ0v) is 19.3. The standard InChI is InChI=1S/C24H50N2O/c1-6-19-23(26(4)5)25-24(27)21-18-16-14-12-10-8-7-9-11-13-15-17-20-22(2)3/h22-23H,6-21H2,1-5H3,(H,25,27). The quantitative estimate of drug-likeness (QED) is 0.194. The SMILES string of the molecule is CCCC(NC(=O)CCCCCCCCCCCCCCC(C)C)N(C)C. The Kier molecular flexibility index (Phi) is 18.4. The minimum atomic E-state index is 0.192. The van der Waals surface area contributed by atoms with Gasteiger partial charge < -0.3 is 5.32 Å². The summed E-state index contributed by atoms with van der Waals surface area (Å²) in [5, 5.41) is 3.15.